The van der Waals surface area contributed by atoms with Gasteiger partial charge in [0.05, 0.1) is 18.3 Å². The van der Waals surface area contributed by atoms with Gasteiger partial charge in [0, 0.05) is 25.1 Å². The fourth-order valence-electron chi connectivity index (χ4n) is 3.00. The van der Waals surface area contributed by atoms with Gasteiger partial charge in [0.1, 0.15) is 6.61 Å². The van der Waals surface area contributed by atoms with E-state index in [0.717, 1.165) is 34.0 Å². The number of fused-ring (bicyclic) bond motifs is 1. The van der Waals surface area contributed by atoms with Crippen molar-refractivity contribution < 1.29 is 9.13 Å². The second-order valence-electron chi connectivity index (χ2n) is 6.08. The minimum atomic E-state index is -0.351. The molecule has 0 spiro atoms. The quantitative estimate of drug-likeness (QED) is 0.718. The molecule has 25 heavy (non-hydrogen) atoms. The molecule has 2 aromatic carbocycles. The first-order valence-corrected chi connectivity index (χ1v) is 8.21. The van der Waals surface area contributed by atoms with Gasteiger partial charge >= 0.3 is 0 Å². The smallest absolute Gasteiger partial charge is 0.165 e. The first-order chi connectivity index (χ1) is 12.2. The van der Waals surface area contributed by atoms with E-state index < -0.39 is 0 Å². The van der Waals surface area contributed by atoms with E-state index in [4.69, 9.17) is 4.74 Å². The van der Waals surface area contributed by atoms with Crippen molar-refractivity contribution in [1.29, 1.82) is 0 Å². The minimum absolute atomic E-state index is 0.271. The van der Waals surface area contributed by atoms with E-state index in [2.05, 4.69) is 16.2 Å². The number of allylic oxidation sites excluding steroid dienone is 1. The predicted molar refractivity (Wildman–Crippen MR) is 97.4 cm³/mol. The highest BCUT2D eigenvalue weighted by molar-refractivity contribution is 5.82. The summed E-state index contributed by atoms with van der Waals surface area (Å²) in [5.74, 6) is -0.0801. The standard InChI is InChI=1S/C20H18FN3O/c1-24-19-5-2-14(10-17(19)12-23-24)13-25-20-11-16(3-4-18(20)21)15-6-8-22-9-7-15/h2-6,9-12H,7-8,13H2,1H3. The third-order valence-corrected chi connectivity index (χ3v) is 4.39. The number of hydrogen-bond acceptors (Lipinski definition) is 3. The maximum Gasteiger partial charge on any atom is 0.165 e. The van der Waals surface area contributed by atoms with Gasteiger partial charge in [-0.2, -0.15) is 5.10 Å². The Bertz CT molecular complexity index is 988. The molecule has 0 amide bonds. The van der Waals surface area contributed by atoms with Crippen LogP contribution >= 0.6 is 0 Å². The Balaban J connectivity index is 1.54. The predicted octanol–water partition coefficient (Wildman–Crippen LogP) is 4.15. The third-order valence-electron chi connectivity index (χ3n) is 4.39. The van der Waals surface area contributed by atoms with Crippen LogP contribution in [0.3, 0.4) is 0 Å². The Hall–Kier alpha value is -2.95. The van der Waals surface area contributed by atoms with Crippen LogP contribution in [0.25, 0.3) is 16.5 Å². The molecule has 2 heterocycles. The summed E-state index contributed by atoms with van der Waals surface area (Å²) in [4.78, 5) is 4.18. The van der Waals surface area contributed by atoms with E-state index in [-0.39, 0.29) is 11.6 Å². The highest BCUT2D eigenvalue weighted by Crippen LogP contribution is 2.27. The first-order valence-electron chi connectivity index (χ1n) is 8.21. The number of ether oxygens (including phenoxy) is 1. The molecule has 0 saturated carbocycles. The Morgan fingerprint density at radius 1 is 1.20 bits per heavy atom. The molecule has 1 aliphatic heterocycles. The average molecular weight is 335 g/mol. The largest absolute Gasteiger partial charge is 0.486 e. The summed E-state index contributed by atoms with van der Waals surface area (Å²) in [6, 6.07) is 11.0. The third kappa shape index (κ3) is 3.18. The van der Waals surface area contributed by atoms with Crippen LogP contribution in [0.1, 0.15) is 17.5 Å². The molecule has 0 fully saturated rings. The van der Waals surface area contributed by atoms with Crippen molar-refractivity contribution in [3.05, 3.63) is 65.6 Å². The maximum absolute atomic E-state index is 14.1. The Kier molecular flexibility index (Phi) is 4.06. The van der Waals surface area contributed by atoms with Gasteiger partial charge in [-0.05, 0) is 41.0 Å². The monoisotopic (exact) mass is 335 g/mol. The summed E-state index contributed by atoms with van der Waals surface area (Å²) < 4.78 is 21.7. The summed E-state index contributed by atoms with van der Waals surface area (Å²) in [6.45, 7) is 0.986. The molecular weight excluding hydrogens is 317 g/mol. The number of benzene rings is 2. The fourth-order valence-corrected chi connectivity index (χ4v) is 3.00. The number of aromatic nitrogens is 2. The number of aryl methyl sites for hydroxylation is 1. The van der Waals surface area contributed by atoms with Gasteiger partial charge in [-0.25, -0.2) is 4.39 Å². The van der Waals surface area contributed by atoms with E-state index in [0.29, 0.717) is 13.2 Å². The molecule has 0 saturated heterocycles. The summed E-state index contributed by atoms with van der Waals surface area (Å²) >= 11 is 0. The highest BCUT2D eigenvalue weighted by atomic mass is 19.1. The van der Waals surface area contributed by atoms with Crippen LogP contribution in [0.15, 0.2) is 53.7 Å². The first kappa shape index (κ1) is 15.6. The Morgan fingerprint density at radius 3 is 2.96 bits per heavy atom. The van der Waals surface area contributed by atoms with Gasteiger partial charge in [0.15, 0.2) is 11.6 Å². The lowest BCUT2D eigenvalue weighted by Gasteiger charge is -2.12. The zero-order chi connectivity index (χ0) is 17.2. The summed E-state index contributed by atoms with van der Waals surface area (Å²) in [7, 11) is 1.91. The van der Waals surface area contributed by atoms with Crippen LogP contribution in [0.4, 0.5) is 4.39 Å². The lowest BCUT2D eigenvalue weighted by molar-refractivity contribution is 0.290. The van der Waals surface area contributed by atoms with E-state index >= 15 is 0 Å². The van der Waals surface area contributed by atoms with E-state index in [1.165, 1.54) is 6.07 Å². The molecule has 0 aliphatic carbocycles. The van der Waals surface area contributed by atoms with Crippen molar-refractivity contribution in [3.8, 4) is 5.75 Å². The number of halogens is 1. The van der Waals surface area contributed by atoms with Crippen molar-refractivity contribution in [2.75, 3.05) is 6.54 Å². The second kappa shape index (κ2) is 6.51. The maximum atomic E-state index is 14.1. The van der Waals surface area contributed by atoms with Gasteiger partial charge in [0.2, 0.25) is 0 Å². The normalized spacial score (nSPS) is 13.9. The van der Waals surface area contributed by atoms with E-state index in [9.17, 15) is 4.39 Å². The van der Waals surface area contributed by atoms with Crippen LogP contribution in [-0.2, 0) is 13.7 Å². The van der Waals surface area contributed by atoms with Crippen LogP contribution in [0, 0.1) is 5.82 Å². The zero-order valence-electron chi connectivity index (χ0n) is 13.9. The van der Waals surface area contributed by atoms with Crippen LogP contribution in [0.2, 0.25) is 0 Å². The Morgan fingerprint density at radius 2 is 2.12 bits per heavy atom. The zero-order valence-corrected chi connectivity index (χ0v) is 13.9. The molecule has 0 atom stereocenters. The molecular formula is C20H18FN3O. The second-order valence-corrected chi connectivity index (χ2v) is 6.08. The number of nitrogens with zero attached hydrogens (tertiary/aromatic N) is 3. The number of rotatable bonds is 4. The van der Waals surface area contributed by atoms with Crippen molar-refractivity contribution in [1.82, 2.24) is 9.78 Å². The van der Waals surface area contributed by atoms with Crippen molar-refractivity contribution >= 4 is 22.7 Å². The van der Waals surface area contributed by atoms with Crippen LogP contribution in [-0.4, -0.2) is 22.5 Å². The molecule has 0 bridgehead atoms. The number of hydrogen-bond donors (Lipinski definition) is 0. The van der Waals surface area contributed by atoms with Crippen LogP contribution < -0.4 is 4.74 Å². The average Bonchev–Trinajstić information content (AvgIpc) is 3.02. The summed E-state index contributed by atoms with van der Waals surface area (Å²) in [6.07, 6.45) is 6.54. The minimum Gasteiger partial charge on any atom is -0.486 e. The number of aliphatic imine (C=N–C) groups is 1. The van der Waals surface area contributed by atoms with Gasteiger partial charge in [-0.3, -0.25) is 9.67 Å². The number of dihydropyridines is 1. The van der Waals surface area contributed by atoms with Gasteiger partial charge in [0.25, 0.3) is 0 Å². The van der Waals surface area contributed by atoms with Gasteiger partial charge in [-0.1, -0.05) is 18.2 Å². The lowest BCUT2D eigenvalue weighted by Crippen LogP contribution is -2.00. The molecule has 126 valence electrons. The topological polar surface area (TPSA) is 39.4 Å². The molecule has 0 radical (unpaired) electrons. The molecule has 0 N–H and O–H groups in total. The van der Waals surface area contributed by atoms with E-state index in [1.807, 2.05) is 42.3 Å². The highest BCUT2D eigenvalue weighted by Gasteiger charge is 2.10. The van der Waals surface area contributed by atoms with Crippen molar-refractivity contribution in [2.45, 2.75) is 13.0 Å². The van der Waals surface area contributed by atoms with Crippen molar-refractivity contribution in [2.24, 2.45) is 12.0 Å². The lowest BCUT2D eigenvalue weighted by atomic mass is 10.0. The van der Waals surface area contributed by atoms with Gasteiger partial charge < -0.3 is 4.74 Å². The van der Waals surface area contributed by atoms with Crippen LogP contribution in [0.5, 0.6) is 5.75 Å². The SMILES string of the molecule is Cn1ncc2cc(COc3cc(C4=CCN=CC4)ccc3F)ccc21. The molecule has 4 rings (SSSR count). The van der Waals surface area contributed by atoms with Crippen molar-refractivity contribution in [3.63, 3.8) is 0 Å². The molecule has 4 nitrogen and oxygen atoms in total. The van der Waals surface area contributed by atoms with Gasteiger partial charge in [-0.15, -0.1) is 0 Å². The molecule has 0 unspecified atom stereocenters. The summed E-state index contributed by atoms with van der Waals surface area (Å²) in [5.41, 5.74) is 4.17. The fraction of sp³-hybridized carbons (Fsp3) is 0.200. The van der Waals surface area contributed by atoms with E-state index in [1.54, 1.807) is 12.1 Å². The summed E-state index contributed by atoms with van der Waals surface area (Å²) in [5, 5.41) is 5.28. The Labute approximate surface area is 145 Å². The molecule has 5 heteroatoms. The molecule has 1 aliphatic rings. The molecule has 3 aromatic rings. The molecule has 1 aromatic heterocycles.